The molecule has 0 aromatic carbocycles. The molecule has 0 saturated heterocycles. The summed E-state index contributed by atoms with van der Waals surface area (Å²) in [5.41, 5.74) is 0.991. The Hall–Kier alpha value is -2.31. The van der Waals surface area contributed by atoms with Crippen LogP contribution in [0.3, 0.4) is 0 Å². The van der Waals surface area contributed by atoms with Crippen LogP contribution in [-0.2, 0) is 13.6 Å². The Morgan fingerprint density at radius 3 is 3.05 bits per heavy atom. The minimum atomic E-state index is -0.130. The normalized spacial score (nSPS) is 14.4. The lowest BCUT2D eigenvalue weighted by Crippen LogP contribution is -2.36. The van der Waals surface area contributed by atoms with Crippen molar-refractivity contribution in [3.05, 3.63) is 30.4 Å². The molecule has 2 aromatic rings. The van der Waals surface area contributed by atoms with Gasteiger partial charge in [0, 0.05) is 18.7 Å². The molecule has 2 heterocycles. The predicted octanol–water partition coefficient (Wildman–Crippen LogP) is 1.60. The van der Waals surface area contributed by atoms with Crippen molar-refractivity contribution in [1.29, 1.82) is 0 Å². The van der Waals surface area contributed by atoms with Gasteiger partial charge in [0.25, 0.3) is 0 Å². The monoisotopic (exact) mass is 261 g/mol. The van der Waals surface area contributed by atoms with Gasteiger partial charge in [-0.1, -0.05) is 5.21 Å². The minimum absolute atomic E-state index is 0.130. The second-order valence-corrected chi connectivity index (χ2v) is 4.66. The highest BCUT2D eigenvalue weighted by Gasteiger charge is 2.33. The molecule has 100 valence electrons. The topological polar surface area (TPSA) is 76.2 Å². The average molecular weight is 261 g/mol. The summed E-state index contributed by atoms with van der Waals surface area (Å²) in [6, 6.07) is 2.05. The van der Waals surface area contributed by atoms with Crippen molar-refractivity contribution in [1.82, 2.24) is 19.9 Å². The fraction of sp³-hybridized carbons (Fsp3) is 0.417. The van der Waals surface area contributed by atoms with E-state index in [0.717, 1.165) is 18.4 Å². The molecule has 1 saturated carbocycles. The third-order valence-corrected chi connectivity index (χ3v) is 3.13. The van der Waals surface area contributed by atoms with E-state index in [0.29, 0.717) is 18.4 Å². The zero-order chi connectivity index (χ0) is 13.2. The van der Waals surface area contributed by atoms with Gasteiger partial charge in [0.05, 0.1) is 25.3 Å². The van der Waals surface area contributed by atoms with Crippen molar-refractivity contribution in [3.63, 3.8) is 0 Å². The van der Waals surface area contributed by atoms with Gasteiger partial charge in [-0.05, 0) is 18.9 Å². The zero-order valence-corrected chi connectivity index (χ0v) is 10.6. The van der Waals surface area contributed by atoms with Gasteiger partial charge in [0.15, 0.2) is 5.82 Å². The summed E-state index contributed by atoms with van der Waals surface area (Å²) in [6.45, 7) is 0.554. The molecule has 2 amide bonds. The highest BCUT2D eigenvalue weighted by Crippen LogP contribution is 2.29. The van der Waals surface area contributed by atoms with Crippen LogP contribution in [0, 0.1) is 0 Å². The van der Waals surface area contributed by atoms with Crippen LogP contribution in [0.25, 0.3) is 0 Å². The van der Waals surface area contributed by atoms with Crippen LogP contribution in [0.2, 0.25) is 0 Å². The van der Waals surface area contributed by atoms with Crippen molar-refractivity contribution < 1.29 is 9.21 Å². The molecule has 3 rings (SSSR count). The molecule has 0 atom stereocenters. The molecule has 0 unspecified atom stereocenters. The van der Waals surface area contributed by atoms with Crippen molar-refractivity contribution in [2.75, 3.05) is 5.32 Å². The lowest BCUT2D eigenvalue weighted by Gasteiger charge is -2.21. The number of nitrogens with zero attached hydrogens (tertiary/aromatic N) is 4. The molecule has 19 heavy (non-hydrogen) atoms. The molecule has 1 N–H and O–H groups in total. The second-order valence-electron chi connectivity index (χ2n) is 4.66. The molecule has 0 aliphatic heterocycles. The van der Waals surface area contributed by atoms with E-state index >= 15 is 0 Å². The van der Waals surface area contributed by atoms with E-state index in [4.69, 9.17) is 4.42 Å². The largest absolute Gasteiger partial charge is 0.472 e. The number of amides is 2. The van der Waals surface area contributed by atoms with Crippen molar-refractivity contribution >= 4 is 11.8 Å². The van der Waals surface area contributed by atoms with Gasteiger partial charge in [-0.15, -0.1) is 5.10 Å². The molecular weight excluding hydrogens is 246 g/mol. The third kappa shape index (κ3) is 2.59. The maximum Gasteiger partial charge on any atom is 0.323 e. The zero-order valence-electron chi connectivity index (χ0n) is 10.6. The number of nitrogens with one attached hydrogen (secondary N) is 1. The molecule has 1 fully saturated rings. The summed E-state index contributed by atoms with van der Waals surface area (Å²) in [5, 5.41) is 10.3. The number of aryl methyl sites for hydroxylation is 1. The number of hydrogen-bond donors (Lipinski definition) is 1. The number of hydrogen-bond acceptors (Lipinski definition) is 4. The first-order chi connectivity index (χ1) is 9.24. The molecule has 2 aromatic heterocycles. The number of aromatic nitrogens is 3. The summed E-state index contributed by atoms with van der Waals surface area (Å²) >= 11 is 0. The van der Waals surface area contributed by atoms with E-state index in [1.54, 1.807) is 19.6 Å². The van der Waals surface area contributed by atoms with E-state index < -0.39 is 0 Å². The van der Waals surface area contributed by atoms with Gasteiger partial charge in [0.1, 0.15) is 0 Å². The summed E-state index contributed by atoms with van der Waals surface area (Å²) in [6.07, 6.45) is 6.91. The van der Waals surface area contributed by atoms with Crippen LogP contribution in [0.1, 0.15) is 18.4 Å². The Morgan fingerprint density at radius 1 is 1.63 bits per heavy atom. The molecule has 0 bridgehead atoms. The van der Waals surface area contributed by atoms with Crippen molar-refractivity contribution in [3.8, 4) is 0 Å². The van der Waals surface area contributed by atoms with Crippen LogP contribution in [0.5, 0.6) is 0 Å². The number of carbonyl (C=O) groups is 1. The van der Waals surface area contributed by atoms with Gasteiger partial charge >= 0.3 is 6.03 Å². The summed E-state index contributed by atoms with van der Waals surface area (Å²) in [4.78, 5) is 14.1. The first-order valence-electron chi connectivity index (χ1n) is 6.17. The van der Waals surface area contributed by atoms with Gasteiger partial charge in [-0.3, -0.25) is 5.32 Å². The maximum absolute atomic E-state index is 12.3. The summed E-state index contributed by atoms with van der Waals surface area (Å²) in [7, 11) is 1.74. The Labute approximate surface area is 110 Å². The molecule has 0 spiro atoms. The number of rotatable bonds is 4. The fourth-order valence-corrected chi connectivity index (χ4v) is 1.92. The Morgan fingerprint density at radius 2 is 2.47 bits per heavy atom. The lowest BCUT2D eigenvalue weighted by molar-refractivity contribution is 0.206. The number of furan rings is 1. The number of urea groups is 1. The smallest absolute Gasteiger partial charge is 0.323 e. The number of carbonyl (C=O) groups excluding carboxylic acids is 1. The highest BCUT2D eigenvalue weighted by atomic mass is 16.3. The van der Waals surface area contributed by atoms with E-state index in [2.05, 4.69) is 15.6 Å². The van der Waals surface area contributed by atoms with Crippen molar-refractivity contribution in [2.24, 2.45) is 7.05 Å². The summed E-state index contributed by atoms with van der Waals surface area (Å²) < 4.78 is 6.57. The van der Waals surface area contributed by atoms with Crippen LogP contribution in [0.15, 0.2) is 29.2 Å². The molecule has 1 aliphatic rings. The molecule has 0 radical (unpaired) electrons. The molecule has 7 nitrogen and oxygen atoms in total. The summed E-state index contributed by atoms with van der Waals surface area (Å²) in [5.74, 6) is 0.586. The molecular formula is C12H15N5O2. The third-order valence-electron chi connectivity index (χ3n) is 3.13. The SMILES string of the molecule is Cn1nncc1NC(=O)N(Cc1ccoc1)C1CC1. The van der Waals surface area contributed by atoms with E-state index in [-0.39, 0.29) is 6.03 Å². The average Bonchev–Trinajstić information content (AvgIpc) is 2.95. The van der Waals surface area contributed by atoms with E-state index in [9.17, 15) is 4.79 Å². The van der Waals surface area contributed by atoms with Crippen LogP contribution >= 0.6 is 0 Å². The first-order valence-corrected chi connectivity index (χ1v) is 6.17. The Kier molecular flexibility index (Phi) is 2.94. The van der Waals surface area contributed by atoms with Crippen LogP contribution in [-0.4, -0.2) is 32.0 Å². The first kappa shape index (κ1) is 11.8. The van der Waals surface area contributed by atoms with Gasteiger partial charge in [-0.25, -0.2) is 9.48 Å². The van der Waals surface area contributed by atoms with Crippen molar-refractivity contribution in [2.45, 2.75) is 25.4 Å². The van der Waals surface area contributed by atoms with Crippen LogP contribution in [0.4, 0.5) is 10.6 Å². The number of anilines is 1. The van der Waals surface area contributed by atoms with Gasteiger partial charge < -0.3 is 9.32 Å². The molecule has 7 heteroatoms. The predicted molar refractivity (Wildman–Crippen MR) is 67.3 cm³/mol. The quantitative estimate of drug-likeness (QED) is 0.907. The maximum atomic E-state index is 12.3. The Bertz CT molecular complexity index is 558. The Balaban J connectivity index is 1.69. The highest BCUT2D eigenvalue weighted by molar-refractivity contribution is 5.88. The second kappa shape index (κ2) is 4.75. The molecule has 1 aliphatic carbocycles. The van der Waals surface area contributed by atoms with Gasteiger partial charge in [-0.2, -0.15) is 0 Å². The van der Waals surface area contributed by atoms with Crippen LogP contribution < -0.4 is 5.32 Å². The van der Waals surface area contributed by atoms with E-state index in [1.165, 1.54) is 10.9 Å². The lowest BCUT2D eigenvalue weighted by atomic mass is 10.3. The minimum Gasteiger partial charge on any atom is -0.472 e. The van der Waals surface area contributed by atoms with E-state index in [1.807, 2.05) is 11.0 Å². The fourth-order valence-electron chi connectivity index (χ4n) is 1.92. The van der Waals surface area contributed by atoms with Gasteiger partial charge in [0.2, 0.25) is 0 Å². The standard InChI is InChI=1S/C12H15N5O2/c1-16-11(6-13-15-16)14-12(18)17(10-2-3-10)7-9-4-5-19-8-9/h4-6,8,10H,2-3,7H2,1H3,(H,14,18).